The Hall–Kier alpha value is -3.10. The van der Waals surface area contributed by atoms with Gasteiger partial charge in [0.25, 0.3) is 0 Å². The summed E-state index contributed by atoms with van der Waals surface area (Å²) in [7, 11) is 0. The lowest BCUT2D eigenvalue weighted by Gasteiger charge is -2.13. The van der Waals surface area contributed by atoms with Crippen LogP contribution in [0.4, 0.5) is 18.9 Å². The fourth-order valence-electron chi connectivity index (χ4n) is 2.30. The van der Waals surface area contributed by atoms with E-state index in [0.717, 1.165) is 11.8 Å². The zero-order chi connectivity index (χ0) is 20.2. The van der Waals surface area contributed by atoms with Gasteiger partial charge in [0.05, 0.1) is 18.5 Å². The fourth-order valence-corrected chi connectivity index (χ4v) is 2.30. The number of hydrogen-bond acceptors (Lipinski definition) is 4. The van der Waals surface area contributed by atoms with Crippen LogP contribution in [-0.4, -0.2) is 28.3 Å². The summed E-state index contributed by atoms with van der Waals surface area (Å²) in [5.41, 5.74) is -0.583. The quantitative estimate of drug-likeness (QED) is 0.628. The van der Waals surface area contributed by atoms with Gasteiger partial charge in [-0.3, -0.25) is 4.79 Å². The first-order valence-electron chi connectivity index (χ1n) is 8.02. The van der Waals surface area contributed by atoms with Gasteiger partial charge in [-0.15, -0.1) is 0 Å². The number of alkyl halides is 3. The number of aromatic nitrogens is 2. The van der Waals surface area contributed by atoms with Crippen LogP contribution in [0.2, 0.25) is 0 Å². The molecule has 0 fully saturated rings. The Balaban J connectivity index is 2.37. The van der Waals surface area contributed by atoms with E-state index < -0.39 is 23.4 Å². The maximum Gasteiger partial charge on any atom is 0.434 e. The van der Waals surface area contributed by atoms with Crippen LogP contribution in [0.15, 0.2) is 42.1 Å². The van der Waals surface area contributed by atoms with Crippen LogP contribution in [-0.2, 0) is 15.7 Å². The minimum Gasteiger partial charge on any atom is -0.462 e. The minimum absolute atomic E-state index is 0.0542. The summed E-state index contributed by atoms with van der Waals surface area (Å²) in [4.78, 5) is 23.5. The molecule has 2 rings (SSSR count). The maximum absolute atomic E-state index is 13.5. The molecule has 0 atom stereocenters. The van der Waals surface area contributed by atoms with Crippen LogP contribution in [0.25, 0.3) is 5.69 Å². The highest BCUT2D eigenvalue weighted by atomic mass is 19.4. The summed E-state index contributed by atoms with van der Waals surface area (Å²) in [5, 5.41) is 6.28. The van der Waals surface area contributed by atoms with Gasteiger partial charge < -0.3 is 10.1 Å². The molecule has 1 amide bonds. The highest BCUT2D eigenvalue weighted by Gasteiger charge is 2.41. The fraction of sp³-hybridized carbons (Fsp3) is 0.278. The summed E-state index contributed by atoms with van der Waals surface area (Å²) in [6.45, 7) is 4.97. The van der Waals surface area contributed by atoms with Gasteiger partial charge in [0, 0.05) is 11.8 Å². The Morgan fingerprint density at radius 3 is 2.37 bits per heavy atom. The van der Waals surface area contributed by atoms with Crippen molar-refractivity contribution in [2.45, 2.75) is 26.9 Å². The molecule has 0 aliphatic carbocycles. The number of benzene rings is 1. The first-order chi connectivity index (χ1) is 12.6. The van der Waals surface area contributed by atoms with E-state index in [1.54, 1.807) is 13.8 Å². The molecule has 0 saturated heterocycles. The molecule has 144 valence electrons. The highest BCUT2D eigenvalue weighted by Crippen LogP contribution is 2.34. The predicted molar refractivity (Wildman–Crippen MR) is 92.6 cm³/mol. The third-order valence-electron chi connectivity index (χ3n) is 3.33. The van der Waals surface area contributed by atoms with Crippen LogP contribution >= 0.6 is 0 Å². The topological polar surface area (TPSA) is 73.2 Å². The third-order valence-corrected chi connectivity index (χ3v) is 3.33. The number of halogens is 3. The zero-order valence-electron chi connectivity index (χ0n) is 14.9. The van der Waals surface area contributed by atoms with Gasteiger partial charge in [-0.1, -0.05) is 5.57 Å². The lowest BCUT2D eigenvalue weighted by molar-refractivity contribution is -0.143. The molecule has 0 radical (unpaired) electrons. The number of nitrogens with zero attached hydrogens (tertiary/aromatic N) is 2. The van der Waals surface area contributed by atoms with E-state index in [2.05, 4.69) is 15.2 Å². The molecule has 0 aliphatic heterocycles. The zero-order valence-corrected chi connectivity index (χ0v) is 14.9. The SMILES string of the molecule is CCOC(=O)c1cnn(-c2ccc(NC(=O)C=C(C)C)cc2)c1C(F)(F)F. The van der Waals surface area contributed by atoms with E-state index >= 15 is 0 Å². The van der Waals surface area contributed by atoms with Crippen LogP contribution in [0.5, 0.6) is 0 Å². The summed E-state index contributed by atoms with van der Waals surface area (Å²) < 4.78 is 45.7. The van der Waals surface area contributed by atoms with Gasteiger partial charge in [-0.2, -0.15) is 18.3 Å². The van der Waals surface area contributed by atoms with Crippen molar-refractivity contribution >= 4 is 17.6 Å². The second-order valence-electron chi connectivity index (χ2n) is 5.79. The smallest absolute Gasteiger partial charge is 0.434 e. The van der Waals surface area contributed by atoms with Crippen molar-refractivity contribution in [1.82, 2.24) is 9.78 Å². The number of nitrogens with one attached hydrogen (secondary N) is 1. The van der Waals surface area contributed by atoms with Crippen molar-refractivity contribution in [3.05, 3.63) is 53.4 Å². The Kier molecular flexibility index (Phi) is 6.04. The number of allylic oxidation sites excluding steroid dienone is 1. The molecular weight excluding hydrogens is 363 g/mol. The molecule has 2 aromatic rings. The van der Waals surface area contributed by atoms with Gasteiger partial charge in [0.1, 0.15) is 5.56 Å². The summed E-state index contributed by atoms with van der Waals surface area (Å²) >= 11 is 0. The molecular formula is C18H18F3N3O3. The number of carbonyl (C=O) groups is 2. The van der Waals surface area contributed by atoms with E-state index in [1.165, 1.54) is 37.3 Å². The lowest BCUT2D eigenvalue weighted by atomic mass is 10.2. The average molecular weight is 381 g/mol. The van der Waals surface area contributed by atoms with Crippen molar-refractivity contribution in [3.8, 4) is 5.69 Å². The Morgan fingerprint density at radius 1 is 1.22 bits per heavy atom. The first-order valence-corrected chi connectivity index (χ1v) is 8.02. The van der Waals surface area contributed by atoms with Crippen LogP contribution in [0, 0.1) is 0 Å². The molecule has 0 aliphatic rings. The molecule has 1 aromatic carbocycles. The highest BCUT2D eigenvalue weighted by molar-refractivity contribution is 5.99. The van der Waals surface area contributed by atoms with E-state index in [4.69, 9.17) is 0 Å². The molecule has 1 heterocycles. The van der Waals surface area contributed by atoms with E-state index in [9.17, 15) is 22.8 Å². The van der Waals surface area contributed by atoms with Crippen molar-refractivity contribution in [1.29, 1.82) is 0 Å². The van der Waals surface area contributed by atoms with Gasteiger partial charge in [-0.05, 0) is 45.0 Å². The Bertz CT molecular complexity index is 864. The van der Waals surface area contributed by atoms with E-state index in [-0.39, 0.29) is 18.2 Å². The molecule has 0 unspecified atom stereocenters. The second kappa shape index (κ2) is 8.07. The normalized spacial score (nSPS) is 11.0. The van der Waals surface area contributed by atoms with E-state index in [0.29, 0.717) is 10.4 Å². The molecule has 27 heavy (non-hydrogen) atoms. The van der Waals surface area contributed by atoms with Crippen molar-refractivity contribution < 1.29 is 27.5 Å². The second-order valence-corrected chi connectivity index (χ2v) is 5.79. The summed E-state index contributed by atoms with van der Waals surface area (Å²) in [6.07, 6.45) is -2.59. The minimum atomic E-state index is -4.81. The number of anilines is 1. The van der Waals surface area contributed by atoms with Gasteiger partial charge in [0.2, 0.25) is 5.91 Å². The molecule has 1 aromatic heterocycles. The molecule has 1 N–H and O–H groups in total. The molecule has 6 nitrogen and oxygen atoms in total. The standard InChI is InChI=1S/C18H18F3N3O3/c1-4-27-17(26)14-10-22-24(16(14)18(19,20)21)13-7-5-12(6-8-13)23-15(25)9-11(2)3/h5-10H,4H2,1-3H3,(H,23,25). The van der Waals surface area contributed by atoms with E-state index in [1.807, 2.05) is 0 Å². The largest absolute Gasteiger partial charge is 0.462 e. The predicted octanol–water partition coefficient (Wildman–Crippen LogP) is 3.97. The van der Waals surface area contributed by atoms with Gasteiger partial charge in [-0.25, -0.2) is 9.48 Å². The third kappa shape index (κ3) is 4.96. The number of hydrogen-bond donors (Lipinski definition) is 1. The molecule has 0 saturated carbocycles. The average Bonchev–Trinajstić information content (AvgIpc) is 3.00. The Morgan fingerprint density at radius 2 is 1.85 bits per heavy atom. The number of esters is 1. The van der Waals surface area contributed by atoms with Crippen molar-refractivity contribution in [3.63, 3.8) is 0 Å². The van der Waals surface area contributed by atoms with Crippen LogP contribution in [0.3, 0.4) is 0 Å². The number of ether oxygens (including phenoxy) is 1. The number of amides is 1. The number of carbonyl (C=O) groups excluding carboxylic acids is 2. The van der Waals surface area contributed by atoms with Gasteiger partial charge >= 0.3 is 12.1 Å². The lowest BCUT2D eigenvalue weighted by Crippen LogP contribution is -2.18. The van der Waals surface area contributed by atoms with Gasteiger partial charge in [0.15, 0.2) is 5.69 Å². The maximum atomic E-state index is 13.5. The molecule has 0 bridgehead atoms. The first kappa shape index (κ1) is 20.2. The van der Waals surface area contributed by atoms with Crippen molar-refractivity contribution in [2.75, 3.05) is 11.9 Å². The summed E-state index contributed by atoms with van der Waals surface area (Å²) in [5.74, 6) is -1.44. The Labute approximate surface area is 153 Å². The molecule has 9 heteroatoms. The monoisotopic (exact) mass is 381 g/mol. The summed E-state index contributed by atoms with van der Waals surface area (Å²) in [6, 6.07) is 5.60. The van der Waals surface area contributed by atoms with Crippen LogP contribution < -0.4 is 5.32 Å². The van der Waals surface area contributed by atoms with Crippen LogP contribution in [0.1, 0.15) is 36.8 Å². The number of rotatable bonds is 5. The van der Waals surface area contributed by atoms with Crippen molar-refractivity contribution in [2.24, 2.45) is 0 Å². The molecule has 0 spiro atoms.